The molecule has 0 fully saturated rings. The van der Waals surface area contributed by atoms with Crippen molar-refractivity contribution >= 4 is 23.2 Å². The van der Waals surface area contributed by atoms with Gasteiger partial charge in [0, 0.05) is 6.07 Å². The summed E-state index contributed by atoms with van der Waals surface area (Å²) in [6.07, 6.45) is 0. The van der Waals surface area contributed by atoms with Crippen molar-refractivity contribution in [2.45, 2.75) is 0 Å². The zero-order valence-electron chi connectivity index (χ0n) is 11.9. The molecule has 2 aromatic rings. The van der Waals surface area contributed by atoms with Crippen LogP contribution in [0.5, 0.6) is 17.2 Å². The average Bonchev–Trinajstić information content (AvgIpc) is 2.56. The number of nitrogens with one attached hydrogen (secondary N) is 1. The van der Waals surface area contributed by atoms with E-state index in [9.17, 15) is 4.79 Å². The third-order valence-corrected chi connectivity index (χ3v) is 3.55. The van der Waals surface area contributed by atoms with Crippen LogP contribution in [0.1, 0.15) is 10.4 Å². The van der Waals surface area contributed by atoms with Crippen LogP contribution in [0.4, 0.5) is 5.69 Å². The van der Waals surface area contributed by atoms with Crippen LogP contribution in [0.25, 0.3) is 0 Å². The molecule has 0 radical (unpaired) electrons. The normalized spacial score (nSPS) is 12.6. The monoisotopic (exact) mass is 319 g/mol. The predicted molar refractivity (Wildman–Crippen MR) is 83.4 cm³/mol. The summed E-state index contributed by atoms with van der Waals surface area (Å²) in [4.78, 5) is 12.5. The second-order valence-corrected chi connectivity index (χ2v) is 5.04. The smallest absolute Gasteiger partial charge is 0.259 e. The van der Waals surface area contributed by atoms with Crippen molar-refractivity contribution in [3.63, 3.8) is 0 Å². The third kappa shape index (κ3) is 2.80. The second kappa shape index (κ2) is 6.15. The molecule has 1 aliphatic rings. The van der Waals surface area contributed by atoms with Crippen molar-refractivity contribution in [1.29, 1.82) is 0 Å². The summed E-state index contributed by atoms with van der Waals surface area (Å²) in [5.41, 5.74) is 0.908. The Hall–Kier alpha value is -2.40. The summed E-state index contributed by atoms with van der Waals surface area (Å²) < 4.78 is 16.1. The Labute approximate surface area is 132 Å². The molecule has 2 aromatic carbocycles. The first-order chi connectivity index (χ1) is 10.7. The number of hydrogen-bond acceptors (Lipinski definition) is 4. The van der Waals surface area contributed by atoms with E-state index in [-0.39, 0.29) is 5.91 Å². The highest BCUT2D eigenvalue weighted by Gasteiger charge is 2.20. The van der Waals surface area contributed by atoms with Crippen LogP contribution in [-0.4, -0.2) is 26.2 Å². The molecule has 0 spiro atoms. The minimum atomic E-state index is -0.311. The van der Waals surface area contributed by atoms with Crippen LogP contribution in [0, 0.1) is 0 Å². The van der Waals surface area contributed by atoms with Crippen molar-refractivity contribution in [1.82, 2.24) is 0 Å². The topological polar surface area (TPSA) is 56.8 Å². The first kappa shape index (κ1) is 14.5. The summed E-state index contributed by atoms with van der Waals surface area (Å²) in [6.45, 7) is 0.892. The van der Waals surface area contributed by atoms with E-state index in [0.717, 1.165) is 0 Å². The Morgan fingerprint density at radius 2 is 2.05 bits per heavy atom. The summed E-state index contributed by atoms with van der Waals surface area (Å²) in [6, 6.07) is 10.2. The molecule has 0 atom stereocenters. The Balaban J connectivity index is 1.86. The van der Waals surface area contributed by atoms with Crippen molar-refractivity contribution in [2.24, 2.45) is 0 Å². The van der Waals surface area contributed by atoms with Gasteiger partial charge in [-0.05, 0) is 24.3 Å². The van der Waals surface area contributed by atoms with Gasteiger partial charge in [-0.2, -0.15) is 0 Å². The number of carbonyl (C=O) groups excluding carboxylic acids is 1. The Morgan fingerprint density at radius 1 is 1.23 bits per heavy atom. The molecule has 5 nitrogen and oxygen atoms in total. The lowest BCUT2D eigenvalue weighted by molar-refractivity contribution is 0.101. The zero-order valence-corrected chi connectivity index (χ0v) is 12.6. The number of methoxy groups -OCH3 is 1. The Kier molecular flexibility index (Phi) is 4.06. The molecule has 0 aromatic heterocycles. The standard InChI is InChI=1S/C16H14ClNO4/c1-20-10-5-6-13(12(17)9-10)18-16(19)11-3-2-4-14-15(11)22-8-7-21-14/h2-6,9H,7-8H2,1H3,(H,18,19). The maximum Gasteiger partial charge on any atom is 0.259 e. The molecule has 22 heavy (non-hydrogen) atoms. The fourth-order valence-corrected chi connectivity index (χ4v) is 2.38. The van der Waals surface area contributed by atoms with Crippen LogP contribution in [0.2, 0.25) is 5.02 Å². The minimum Gasteiger partial charge on any atom is -0.497 e. The highest BCUT2D eigenvalue weighted by molar-refractivity contribution is 6.34. The molecule has 6 heteroatoms. The molecule has 114 valence electrons. The van der Waals surface area contributed by atoms with Crippen LogP contribution in [-0.2, 0) is 0 Å². The number of benzene rings is 2. The minimum absolute atomic E-state index is 0.311. The van der Waals surface area contributed by atoms with E-state index >= 15 is 0 Å². The Morgan fingerprint density at radius 3 is 2.82 bits per heavy atom. The van der Waals surface area contributed by atoms with Gasteiger partial charge in [-0.3, -0.25) is 4.79 Å². The lowest BCUT2D eigenvalue weighted by Gasteiger charge is -2.20. The molecule has 0 saturated carbocycles. The van der Waals surface area contributed by atoms with E-state index in [2.05, 4.69) is 5.32 Å². The SMILES string of the molecule is COc1ccc(NC(=O)c2cccc3c2OCCO3)c(Cl)c1. The van der Waals surface area contributed by atoms with Gasteiger partial charge in [-0.1, -0.05) is 17.7 Å². The predicted octanol–water partition coefficient (Wildman–Crippen LogP) is 3.37. The quantitative estimate of drug-likeness (QED) is 0.942. The number of halogens is 1. The molecule has 1 amide bonds. The molecule has 0 unspecified atom stereocenters. The molecular weight excluding hydrogens is 306 g/mol. The van der Waals surface area contributed by atoms with Crippen molar-refractivity contribution in [2.75, 3.05) is 25.6 Å². The third-order valence-electron chi connectivity index (χ3n) is 3.24. The zero-order chi connectivity index (χ0) is 15.5. The van der Waals surface area contributed by atoms with Crippen LogP contribution in [0.15, 0.2) is 36.4 Å². The largest absolute Gasteiger partial charge is 0.497 e. The maximum absolute atomic E-state index is 12.5. The van der Waals surface area contributed by atoms with Gasteiger partial charge in [0.2, 0.25) is 0 Å². The van der Waals surface area contributed by atoms with E-state index in [1.54, 1.807) is 43.5 Å². The number of rotatable bonds is 3. The number of carbonyl (C=O) groups is 1. The lowest BCUT2D eigenvalue weighted by atomic mass is 10.1. The molecule has 0 aliphatic carbocycles. The fourth-order valence-electron chi connectivity index (χ4n) is 2.17. The summed E-state index contributed by atoms with van der Waals surface area (Å²) >= 11 is 6.13. The molecule has 1 heterocycles. The van der Waals surface area contributed by atoms with Gasteiger partial charge in [0.15, 0.2) is 11.5 Å². The van der Waals surface area contributed by atoms with E-state index < -0.39 is 0 Å². The van der Waals surface area contributed by atoms with E-state index in [1.807, 2.05) is 0 Å². The van der Waals surface area contributed by atoms with Crippen LogP contribution < -0.4 is 19.5 Å². The number of amides is 1. The number of ether oxygens (including phenoxy) is 3. The molecular formula is C16H14ClNO4. The fraction of sp³-hybridized carbons (Fsp3) is 0.188. The van der Waals surface area contributed by atoms with Crippen molar-refractivity contribution in [3.05, 3.63) is 47.0 Å². The Bertz CT molecular complexity index is 717. The van der Waals surface area contributed by atoms with Crippen molar-refractivity contribution < 1.29 is 19.0 Å². The van der Waals surface area contributed by atoms with E-state index in [0.29, 0.717) is 46.7 Å². The van der Waals surface area contributed by atoms with E-state index in [1.165, 1.54) is 0 Å². The van der Waals surface area contributed by atoms with Gasteiger partial charge in [-0.15, -0.1) is 0 Å². The van der Waals surface area contributed by atoms with Gasteiger partial charge in [-0.25, -0.2) is 0 Å². The van der Waals surface area contributed by atoms with Gasteiger partial charge in [0.1, 0.15) is 19.0 Å². The van der Waals surface area contributed by atoms with Crippen LogP contribution in [0.3, 0.4) is 0 Å². The van der Waals surface area contributed by atoms with Gasteiger partial charge < -0.3 is 19.5 Å². The summed E-state index contributed by atoms with van der Waals surface area (Å²) in [5.74, 6) is 1.34. The second-order valence-electron chi connectivity index (χ2n) is 4.63. The van der Waals surface area contributed by atoms with Crippen molar-refractivity contribution in [3.8, 4) is 17.2 Å². The summed E-state index contributed by atoms with van der Waals surface area (Å²) in [5, 5.41) is 3.16. The first-order valence-electron chi connectivity index (χ1n) is 6.72. The number of fused-ring (bicyclic) bond motifs is 1. The highest BCUT2D eigenvalue weighted by Crippen LogP contribution is 2.34. The highest BCUT2D eigenvalue weighted by atomic mass is 35.5. The molecule has 0 bridgehead atoms. The van der Waals surface area contributed by atoms with Gasteiger partial charge in [0.25, 0.3) is 5.91 Å². The van der Waals surface area contributed by atoms with Gasteiger partial charge in [0.05, 0.1) is 23.4 Å². The molecule has 1 N–H and O–H groups in total. The van der Waals surface area contributed by atoms with Crippen LogP contribution >= 0.6 is 11.6 Å². The van der Waals surface area contributed by atoms with E-state index in [4.69, 9.17) is 25.8 Å². The molecule has 3 rings (SSSR count). The number of para-hydroxylation sites is 1. The number of hydrogen-bond donors (Lipinski definition) is 1. The average molecular weight is 320 g/mol. The molecule has 0 saturated heterocycles. The first-order valence-corrected chi connectivity index (χ1v) is 7.10. The lowest BCUT2D eigenvalue weighted by Crippen LogP contribution is -2.20. The molecule has 1 aliphatic heterocycles. The van der Waals surface area contributed by atoms with Gasteiger partial charge >= 0.3 is 0 Å². The summed E-state index contributed by atoms with van der Waals surface area (Å²) in [7, 11) is 1.55. The number of anilines is 1. The maximum atomic E-state index is 12.5.